The maximum atomic E-state index is 12.4. The second-order valence-electron chi connectivity index (χ2n) is 4.77. The second-order valence-corrected chi connectivity index (χ2v) is 6.14. The minimum absolute atomic E-state index is 0.238. The van der Waals surface area contributed by atoms with Gasteiger partial charge in [-0.1, -0.05) is 12.1 Å². The molecule has 1 atom stereocenters. The van der Waals surface area contributed by atoms with Crippen molar-refractivity contribution in [1.29, 1.82) is 0 Å². The Hall–Kier alpha value is -2.28. The van der Waals surface area contributed by atoms with Gasteiger partial charge in [-0.05, 0) is 18.2 Å². The lowest BCUT2D eigenvalue weighted by molar-refractivity contribution is 0.676. The quantitative estimate of drug-likeness (QED) is 0.794. The molecule has 21 heavy (non-hydrogen) atoms. The molecule has 0 spiro atoms. The third-order valence-corrected chi connectivity index (χ3v) is 4.14. The van der Waals surface area contributed by atoms with Crippen molar-refractivity contribution in [2.24, 2.45) is 0 Å². The first-order chi connectivity index (χ1) is 10.1. The van der Waals surface area contributed by atoms with E-state index >= 15 is 0 Å². The zero-order chi connectivity index (χ0) is 14.8. The summed E-state index contributed by atoms with van der Waals surface area (Å²) >= 11 is 0. The first-order valence-corrected chi connectivity index (χ1v) is 7.78. The van der Waals surface area contributed by atoms with Crippen LogP contribution in [0.2, 0.25) is 0 Å². The molecule has 0 radical (unpaired) electrons. The predicted molar refractivity (Wildman–Crippen MR) is 82.6 cm³/mol. The van der Waals surface area contributed by atoms with Gasteiger partial charge in [0.05, 0.1) is 27.6 Å². The molecule has 6 nitrogen and oxygen atoms in total. The van der Waals surface area contributed by atoms with Crippen molar-refractivity contribution in [1.82, 2.24) is 19.9 Å². The van der Waals surface area contributed by atoms with Crippen LogP contribution in [0.4, 0.5) is 5.82 Å². The van der Waals surface area contributed by atoms with Crippen LogP contribution in [0.3, 0.4) is 0 Å². The molecule has 1 N–H and O–H groups in total. The number of H-pyrrole nitrogens is 1. The van der Waals surface area contributed by atoms with E-state index in [1.54, 1.807) is 6.20 Å². The van der Waals surface area contributed by atoms with Crippen LogP contribution in [0.5, 0.6) is 0 Å². The van der Waals surface area contributed by atoms with Crippen LogP contribution in [0.25, 0.3) is 11.0 Å². The number of para-hydroxylation sites is 2. The van der Waals surface area contributed by atoms with E-state index in [2.05, 4.69) is 19.9 Å². The number of nitrogens with one attached hydrogen (secondary N) is 1. The first-order valence-electron chi connectivity index (χ1n) is 6.46. The highest BCUT2D eigenvalue weighted by atomic mass is 32.2. The van der Waals surface area contributed by atoms with E-state index in [9.17, 15) is 4.21 Å². The molecule has 3 rings (SSSR count). The minimum Gasteiger partial charge on any atom is -0.363 e. The van der Waals surface area contributed by atoms with Gasteiger partial charge in [0.15, 0.2) is 5.16 Å². The van der Waals surface area contributed by atoms with Crippen LogP contribution in [0.15, 0.2) is 41.7 Å². The van der Waals surface area contributed by atoms with Crippen molar-refractivity contribution in [3.05, 3.63) is 42.4 Å². The highest BCUT2D eigenvalue weighted by Gasteiger charge is 2.12. The maximum absolute atomic E-state index is 12.4. The molecule has 0 amide bonds. The summed E-state index contributed by atoms with van der Waals surface area (Å²) in [4.78, 5) is 17.8. The van der Waals surface area contributed by atoms with Crippen LogP contribution in [0.1, 0.15) is 5.82 Å². The van der Waals surface area contributed by atoms with Crippen molar-refractivity contribution in [3.8, 4) is 0 Å². The van der Waals surface area contributed by atoms with Gasteiger partial charge in [0, 0.05) is 20.3 Å². The van der Waals surface area contributed by atoms with E-state index in [1.165, 1.54) is 0 Å². The van der Waals surface area contributed by atoms with Crippen molar-refractivity contribution < 1.29 is 4.21 Å². The van der Waals surface area contributed by atoms with Gasteiger partial charge in [0.25, 0.3) is 0 Å². The number of fused-ring (bicyclic) bond motifs is 1. The Morgan fingerprint density at radius 3 is 2.76 bits per heavy atom. The molecule has 0 aliphatic carbocycles. The Morgan fingerprint density at radius 2 is 2.00 bits per heavy atom. The Labute approximate surface area is 124 Å². The molecule has 2 aromatic heterocycles. The number of nitrogens with zero attached hydrogens (tertiary/aromatic N) is 4. The van der Waals surface area contributed by atoms with E-state index in [1.807, 2.05) is 49.3 Å². The number of aromatic amines is 1. The third-order valence-electron chi connectivity index (χ3n) is 2.99. The molecule has 2 heterocycles. The summed E-state index contributed by atoms with van der Waals surface area (Å²) in [6, 6.07) is 9.42. The predicted octanol–water partition coefficient (Wildman–Crippen LogP) is 1.73. The molecule has 7 heteroatoms. The molecule has 0 saturated heterocycles. The molecule has 108 valence electrons. The molecule has 0 saturated carbocycles. The molecule has 0 fully saturated rings. The molecular weight excluding hydrogens is 286 g/mol. The van der Waals surface area contributed by atoms with Gasteiger partial charge >= 0.3 is 0 Å². The van der Waals surface area contributed by atoms with E-state index in [0.717, 1.165) is 16.9 Å². The van der Waals surface area contributed by atoms with Gasteiger partial charge in [-0.2, -0.15) is 0 Å². The summed E-state index contributed by atoms with van der Waals surface area (Å²) in [5.74, 6) is 1.57. The van der Waals surface area contributed by atoms with Crippen LogP contribution in [-0.4, -0.2) is 38.2 Å². The van der Waals surface area contributed by atoms with Gasteiger partial charge in [0.2, 0.25) is 0 Å². The third kappa shape index (κ3) is 2.92. The summed E-state index contributed by atoms with van der Waals surface area (Å²) in [6.07, 6.45) is 1.67. The molecular formula is C14H15N5OS. The Morgan fingerprint density at radius 1 is 1.19 bits per heavy atom. The SMILES string of the molecule is CN(C)c1ccnc(CS(=O)c2nc3ccccc3[nH]2)n1. The van der Waals surface area contributed by atoms with Gasteiger partial charge in [-0.15, -0.1) is 0 Å². The highest BCUT2D eigenvalue weighted by molar-refractivity contribution is 7.84. The number of benzene rings is 1. The number of hydrogen-bond acceptors (Lipinski definition) is 5. The lowest BCUT2D eigenvalue weighted by atomic mass is 10.3. The van der Waals surface area contributed by atoms with Crippen molar-refractivity contribution in [2.45, 2.75) is 10.9 Å². The van der Waals surface area contributed by atoms with E-state index < -0.39 is 10.8 Å². The summed E-state index contributed by atoms with van der Waals surface area (Å²) in [5.41, 5.74) is 1.69. The number of imidazole rings is 1. The van der Waals surface area contributed by atoms with Gasteiger partial charge in [-0.25, -0.2) is 15.0 Å². The highest BCUT2D eigenvalue weighted by Crippen LogP contribution is 2.15. The van der Waals surface area contributed by atoms with Gasteiger partial charge in [-0.3, -0.25) is 4.21 Å². The number of anilines is 1. The lowest BCUT2D eigenvalue weighted by Crippen LogP contribution is -2.12. The zero-order valence-corrected chi connectivity index (χ0v) is 12.6. The first kappa shape index (κ1) is 13.7. The summed E-state index contributed by atoms with van der Waals surface area (Å²) in [5, 5.41) is 0.454. The topological polar surface area (TPSA) is 74.8 Å². The largest absolute Gasteiger partial charge is 0.363 e. The van der Waals surface area contributed by atoms with E-state index in [-0.39, 0.29) is 5.75 Å². The number of aromatic nitrogens is 4. The fourth-order valence-electron chi connectivity index (χ4n) is 1.93. The monoisotopic (exact) mass is 301 g/mol. The smallest absolute Gasteiger partial charge is 0.197 e. The van der Waals surface area contributed by atoms with Crippen LogP contribution in [-0.2, 0) is 16.6 Å². The van der Waals surface area contributed by atoms with Crippen LogP contribution >= 0.6 is 0 Å². The van der Waals surface area contributed by atoms with E-state index in [4.69, 9.17) is 0 Å². The average Bonchev–Trinajstić information content (AvgIpc) is 2.91. The van der Waals surface area contributed by atoms with Crippen molar-refractivity contribution in [3.63, 3.8) is 0 Å². The summed E-state index contributed by atoms with van der Waals surface area (Å²) in [6.45, 7) is 0. The van der Waals surface area contributed by atoms with Gasteiger partial charge < -0.3 is 9.88 Å². The molecule has 0 aliphatic heterocycles. The van der Waals surface area contributed by atoms with Crippen LogP contribution in [0, 0.1) is 0 Å². The molecule has 1 unspecified atom stereocenters. The fourth-order valence-corrected chi connectivity index (χ4v) is 2.86. The molecule has 0 aliphatic rings. The fraction of sp³-hybridized carbons (Fsp3) is 0.214. The number of rotatable bonds is 4. The van der Waals surface area contributed by atoms with E-state index in [0.29, 0.717) is 11.0 Å². The molecule has 1 aromatic carbocycles. The second kappa shape index (κ2) is 5.61. The van der Waals surface area contributed by atoms with Gasteiger partial charge in [0.1, 0.15) is 11.6 Å². The van der Waals surface area contributed by atoms with Crippen LogP contribution < -0.4 is 4.90 Å². The zero-order valence-electron chi connectivity index (χ0n) is 11.8. The Balaban J connectivity index is 1.84. The average molecular weight is 301 g/mol. The number of hydrogen-bond donors (Lipinski definition) is 1. The standard InChI is InChI=1S/C14H15N5OS/c1-19(2)13-7-8-15-12(18-13)9-21(20)14-16-10-5-3-4-6-11(10)17-14/h3-8H,9H2,1-2H3,(H,16,17). The molecule has 3 aromatic rings. The van der Waals surface area contributed by atoms with Crippen molar-refractivity contribution >= 4 is 27.7 Å². The normalized spacial score (nSPS) is 12.5. The molecule has 0 bridgehead atoms. The maximum Gasteiger partial charge on any atom is 0.197 e. The minimum atomic E-state index is -1.30. The lowest BCUT2D eigenvalue weighted by Gasteiger charge is -2.11. The summed E-state index contributed by atoms with van der Waals surface area (Å²) in [7, 11) is 2.51. The van der Waals surface area contributed by atoms with Crippen molar-refractivity contribution in [2.75, 3.05) is 19.0 Å². The Bertz CT molecular complexity index is 766. The Kier molecular flexibility index (Phi) is 3.66. The summed E-state index contributed by atoms with van der Waals surface area (Å²) < 4.78 is 12.4.